The van der Waals surface area contributed by atoms with E-state index in [9.17, 15) is 8.76 Å². The summed E-state index contributed by atoms with van der Waals surface area (Å²) >= 11 is -2.61. The summed E-state index contributed by atoms with van der Waals surface area (Å²) < 4.78 is 25.1. The Hall–Kier alpha value is -0.750. The molecule has 0 saturated carbocycles. The van der Waals surface area contributed by atoms with E-state index in [0.717, 1.165) is 0 Å². The summed E-state index contributed by atoms with van der Waals surface area (Å²) in [4.78, 5) is 0. The Labute approximate surface area is 79.2 Å². The van der Waals surface area contributed by atoms with Crippen molar-refractivity contribution in [3.63, 3.8) is 0 Å². The first-order chi connectivity index (χ1) is 6.02. The van der Waals surface area contributed by atoms with Crippen molar-refractivity contribution in [2.75, 3.05) is 0 Å². The molecule has 0 amide bonds. The summed E-state index contributed by atoms with van der Waals surface area (Å²) in [5, 5.41) is 0. The van der Waals surface area contributed by atoms with E-state index < -0.39 is 17.1 Å². The molecule has 0 aromatic heterocycles. The molecule has 0 saturated heterocycles. The van der Waals surface area contributed by atoms with Crippen molar-refractivity contribution in [2.24, 2.45) is 5.73 Å². The molecule has 2 atom stereocenters. The first-order valence-corrected chi connectivity index (χ1v) is 4.65. The van der Waals surface area contributed by atoms with Gasteiger partial charge < -0.3 is 4.55 Å². The fourth-order valence-corrected chi connectivity index (χ4v) is 1.34. The molecule has 5 heteroatoms. The summed E-state index contributed by atoms with van der Waals surface area (Å²) in [6.45, 7) is 1.48. The van der Waals surface area contributed by atoms with Crippen molar-refractivity contribution in [1.82, 2.24) is 0 Å². The predicted octanol–water partition coefficient (Wildman–Crippen LogP) is 0.629. The highest BCUT2D eigenvalue weighted by Gasteiger charge is 2.22. The largest absolute Gasteiger partial charge is 0.750 e. The van der Waals surface area contributed by atoms with E-state index in [-0.39, 0.29) is 0 Å². The van der Waals surface area contributed by atoms with Crippen molar-refractivity contribution in [3.8, 4) is 0 Å². The Balaban J connectivity index is 2.87. The summed E-state index contributed by atoms with van der Waals surface area (Å²) in [5.41, 5.74) is 4.94. The standard InChI is InChI=1S/C8H11NO3S/c1-8(9,12-13(10)11)7-5-3-2-4-6-7/h2-6H,9H2,1H3,(H,10,11)/p-1. The number of hydrogen-bond acceptors (Lipinski definition) is 4. The molecule has 13 heavy (non-hydrogen) atoms. The summed E-state index contributed by atoms with van der Waals surface area (Å²) in [7, 11) is 0. The lowest BCUT2D eigenvalue weighted by Crippen LogP contribution is -2.36. The molecule has 0 aliphatic rings. The minimum atomic E-state index is -2.61. The van der Waals surface area contributed by atoms with Crippen molar-refractivity contribution in [2.45, 2.75) is 12.6 Å². The Morgan fingerprint density at radius 3 is 2.46 bits per heavy atom. The highest BCUT2D eigenvalue weighted by atomic mass is 32.2. The van der Waals surface area contributed by atoms with E-state index >= 15 is 0 Å². The van der Waals surface area contributed by atoms with Crippen LogP contribution in [-0.4, -0.2) is 8.76 Å². The Morgan fingerprint density at radius 2 is 2.00 bits per heavy atom. The third-order valence-electron chi connectivity index (χ3n) is 1.59. The molecule has 0 bridgehead atoms. The van der Waals surface area contributed by atoms with Gasteiger partial charge in [-0.25, -0.2) is 4.21 Å². The number of hydrogen-bond donors (Lipinski definition) is 1. The van der Waals surface area contributed by atoms with Crippen LogP contribution in [-0.2, 0) is 21.3 Å². The van der Waals surface area contributed by atoms with Gasteiger partial charge in [0.15, 0.2) is 5.72 Å². The van der Waals surface area contributed by atoms with Crippen LogP contribution >= 0.6 is 0 Å². The lowest BCUT2D eigenvalue weighted by Gasteiger charge is -2.25. The topological polar surface area (TPSA) is 75.4 Å². The van der Waals surface area contributed by atoms with Crippen molar-refractivity contribution < 1.29 is 12.9 Å². The predicted molar refractivity (Wildman–Crippen MR) is 48.0 cm³/mol. The van der Waals surface area contributed by atoms with Crippen LogP contribution in [0.15, 0.2) is 30.3 Å². The third kappa shape index (κ3) is 2.89. The van der Waals surface area contributed by atoms with E-state index in [2.05, 4.69) is 4.18 Å². The van der Waals surface area contributed by atoms with Crippen LogP contribution in [0.5, 0.6) is 0 Å². The molecular weight excluding hydrogens is 190 g/mol. The lowest BCUT2D eigenvalue weighted by atomic mass is 10.1. The molecular formula is C8H10NO3S-. The van der Waals surface area contributed by atoms with Gasteiger partial charge in [-0.3, -0.25) is 9.92 Å². The molecule has 2 unspecified atom stereocenters. The van der Waals surface area contributed by atoms with Crippen LogP contribution in [0, 0.1) is 0 Å². The second-order valence-corrected chi connectivity index (χ2v) is 3.34. The molecule has 2 N–H and O–H groups in total. The SMILES string of the molecule is CC(N)(OS(=O)[O-])c1ccccc1. The Bertz CT molecular complexity index is 300. The van der Waals surface area contributed by atoms with Gasteiger partial charge in [-0.05, 0) is 12.5 Å². The molecule has 0 spiro atoms. The lowest BCUT2D eigenvalue weighted by molar-refractivity contribution is 0.0986. The van der Waals surface area contributed by atoms with Crippen LogP contribution in [0.4, 0.5) is 0 Å². The molecule has 1 aromatic carbocycles. The normalized spacial score (nSPS) is 17.8. The minimum absolute atomic E-state index is 0.610. The number of rotatable bonds is 3. The van der Waals surface area contributed by atoms with E-state index in [4.69, 9.17) is 5.73 Å². The maximum absolute atomic E-state index is 10.3. The fraction of sp³-hybridized carbons (Fsp3) is 0.250. The van der Waals surface area contributed by atoms with Crippen molar-refractivity contribution >= 4 is 11.4 Å². The summed E-state index contributed by atoms with van der Waals surface area (Å²) in [6.07, 6.45) is 0. The number of nitrogens with two attached hydrogens (primary N) is 1. The zero-order chi connectivity index (χ0) is 9.90. The van der Waals surface area contributed by atoms with E-state index in [1.807, 2.05) is 6.07 Å². The smallest absolute Gasteiger partial charge is 0.155 e. The van der Waals surface area contributed by atoms with E-state index in [1.165, 1.54) is 6.92 Å². The molecule has 0 aliphatic heterocycles. The first kappa shape index (κ1) is 10.3. The van der Waals surface area contributed by atoms with Crippen LogP contribution in [0.3, 0.4) is 0 Å². The van der Waals surface area contributed by atoms with Crippen molar-refractivity contribution in [1.29, 1.82) is 0 Å². The Kier molecular flexibility index (Phi) is 3.16. The number of benzene rings is 1. The Morgan fingerprint density at radius 1 is 1.46 bits per heavy atom. The molecule has 1 rings (SSSR count). The molecule has 0 radical (unpaired) electrons. The highest BCUT2D eigenvalue weighted by molar-refractivity contribution is 7.74. The van der Waals surface area contributed by atoms with Crippen LogP contribution in [0.1, 0.15) is 12.5 Å². The molecule has 4 nitrogen and oxygen atoms in total. The zero-order valence-electron chi connectivity index (χ0n) is 7.10. The van der Waals surface area contributed by atoms with Gasteiger partial charge in [-0.1, -0.05) is 30.3 Å². The second kappa shape index (κ2) is 3.97. The second-order valence-electron chi connectivity index (χ2n) is 2.76. The van der Waals surface area contributed by atoms with Crippen molar-refractivity contribution in [3.05, 3.63) is 35.9 Å². The van der Waals surface area contributed by atoms with Gasteiger partial charge in [0, 0.05) is 0 Å². The van der Waals surface area contributed by atoms with E-state index in [1.54, 1.807) is 24.3 Å². The van der Waals surface area contributed by atoms with Gasteiger partial charge in [0.1, 0.15) is 0 Å². The monoisotopic (exact) mass is 200 g/mol. The first-order valence-electron chi connectivity index (χ1n) is 3.65. The molecule has 1 aromatic rings. The van der Waals surface area contributed by atoms with Gasteiger partial charge in [0.2, 0.25) is 0 Å². The van der Waals surface area contributed by atoms with Crippen LogP contribution < -0.4 is 5.73 Å². The zero-order valence-corrected chi connectivity index (χ0v) is 7.91. The van der Waals surface area contributed by atoms with Gasteiger partial charge >= 0.3 is 0 Å². The molecule has 0 heterocycles. The van der Waals surface area contributed by atoms with Crippen LogP contribution in [0.25, 0.3) is 0 Å². The fourth-order valence-electron chi connectivity index (χ4n) is 0.959. The average molecular weight is 200 g/mol. The van der Waals surface area contributed by atoms with Gasteiger partial charge in [0.05, 0.1) is 11.4 Å². The van der Waals surface area contributed by atoms with Crippen LogP contribution in [0.2, 0.25) is 0 Å². The molecule has 0 aliphatic carbocycles. The minimum Gasteiger partial charge on any atom is -0.750 e. The highest BCUT2D eigenvalue weighted by Crippen LogP contribution is 2.19. The molecule has 0 fully saturated rings. The van der Waals surface area contributed by atoms with E-state index in [0.29, 0.717) is 5.56 Å². The van der Waals surface area contributed by atoms with Gasteiger partial charge in [0.25, 0.3) is 0 Å². The average Bonchev–Trinajstić information content (AvgIpc) is 2.04. The van der Waals surface area contributed by atoms with Gasteiger partial charge in [-0.2, -0.15) is 0 Å². The quantitative estimate of drug-likeness (QED) is 0.573. The van der Waals surface area contributed by atoms with Gasteiger partial charge in [-0.15, -0.1) is 0 Å². The third-order valence-corrected chi connectivity index (χ3v) is 2.07. The molecule has 72 valence electrons. The summed E-state index contributed by atoms with van der Waals surface area (Å²) in [6, 6.07) is 8.74. The maximum atomic E-state index is 10.3. The maximum Gasteiger partial charge on any atom is 0.155 e. The summed E-state index contributed by atoms with van der Waals surface area (Å²) in [5.74, 6) is 0.